The van der Waals surface area contributed by atoms with Crippen LogP contribution in [0.25, 0.3) is 10.9 Å². The minimum atomic E-state index is -3.80. The molecule has 4 fully saturated rings. The Morgan fingerprint density at radius 2 is 1.72 bits per heavy atom. The number of nitriles is 1. The van der Waals surface area contributed by atoms with Gasteiger partial charge in [-0.05, 0) is 104 Å². The first-order valence-corrected chi connectivity index (χ1v) is 21.0. The van der Waals surface area contributed by atoms with Crippen LogP contribution in [0.2, 0.25) is 0 Å². The second-order valence-corrected chi connectivity index (χ2v) is 17.9. The molecule has 3 saturated heterocycles. The van der Waals surface area contributed by atoms with Crippen LogP contribution in [-0.4, -0.2) is 101 Å². The number of nitrogens with zero attached hydrogens (tertiary/aromatic N) is 8. The highest BCUT2D eigenvalue weighted by molar-refractivity contribution is 7.89. The first-order chi connectivity index (χ1) is 27.3. The van der Waals surface area contributed by atoms with E-state index in [1.54, 1.807) is 16.8 Å². The monoisotopic (exact) mass is 800 g/mol. The topological polar surface area (TPSA) is 169 Å². The third-order valence-corrected chi connectivity index (χ3v) is 13.8. The Labute approximate surface area is 330 Å². The van der Waals surface area contributed by atoms with Gasteiger partial charge in [0.15, 0.2) is 5.82 Å². The van der Waals surface area contributed by atoms with Crippen molar-refractivity contribution < 1.29 is 26.8 Å². The lowest BCUT2D eigenvalue weighted by Gasteiger charge is -2.34. The Kier molecular flexibility index (Phi) is 10.5. The molecule has 4 aliphatic rings. The number of piperidine rings is 2. The quantitative estimate of drug-likeness (QED) is 0.208. The van der Waals surface area contributed by atoms with E-state index in [9.17, 15) is 32.0 Å². The summed E-state index contributed by atoms with van der Waals surface area (Å²) in [5, 5.41) is 21.0. The van der Waals surface area contributed by atoms with Crippen molar-refractivity contribution in [1.82, 2.24) is 34.3 Å². The van der Waals surface area contributed by atoms with Crippen molar-refractivity contribution in [2.75, 3.05) is 49.5 Å². The fourth-order valence-electron chi connectivity index (χ4n) is 8.55. The van der Waals surface area contributed by atoms with Crippen LogP contribution in [0.4, 0.5) is 25.3 Å². The largest absolute Gasteiger partial charge is 0.351 e. The number of likely N-dealkylation sites (tertiary alicyclic amines) is 1. The van der Waals surface area contributed by atoms with Gasteiger partial charge in [-0.25, -0.2) is 32.0 Å². The number of nitrogens with one attached hydrogen (secondary N) is 2. The summed E-state index contributed by atoms with van der Waals surface area (Å²) < 4.78 is 57.7. The van der Waals surface area contributed by atoms with Gasteiger partial charge in [-0.15, -0.1) is 0 Å². The number of hydrogen-bond acceptors (Lipinski definition) is 10. The van der Waals surface area contributed by atoms with E-state index >= 15 is 0 Å². The van der Waals surface area contributed by atoms with Crippen LogP contribution in [0.5, 0.6) is 0 Å². The minimum Gasteiger partial charge on any atom is -0.351 e. The number of sulfonamides is 1. The lowest BCUT2D eigenvalue weighted by Crippen LogP contribution is -2.49. The molecule has 4 aromatic rings. The Morgan fingerprint density at radius 3 is 2.39 bits per heavy atom. The van der Waals surface area contributed by atoms with Crippen molar-refractivity contribution in [2.24, 2.45) is 13.0 Å². The van der Waals surface area contributed by atoms with Gasteiger partial charge in [0.25, 0.3) is 5.92 Å². The molecule has 0 radical (unpaired) electrons. The third-order valence-electron chi connectivity index (χ3n) is 11.9. The zero-order valence-electron chi connectivity index (χ0n) is 32.0. The number of aryl methyl sites for hydroxylation is 1. The number of alkyl halides is 2. The first-order valence-electron chi connectivity index (χ1n) is 19.6. The van der Waals surface area contributed by atoms with E-state index in [2.05, 4.69) is 55.7 Å². The number of aromatic nitrogens is 4. The molecule has 2 atom stereocenters. The summed E-state index contributed by atoms with van der Waals surface area (Å²) in [6.45, 7) is 5.66. The molecule has 1 saturated carbocycles. The summed E-state index contributed by atoms with van der Waals surface area (Å²) in [4.78, 5) is 36.7. The van der Waals surface area contributed by atoms with Crippen molar-refractivity contribution in [3.05, 3.63) is 71.0 Å². The number of amides is 3. The minimum absolute atomic E-state index is 0.0599. The molecule has 8 rings (SSSR count). The van der Waals surface area contributed by atoms with E-state index in [1.807, 2.05) is 13.1 Å². The molecule has 2 N–H and O–H groups in total. The van der Waals surface area contributed by atoms with Gasteiger partial charge in [-0.3, -0.25) is 19.7 Å². The van der Waals surface area contributed by atoms with Crippen LogP contribution >= 0.6 is 0 Å². The van der Waals surface area contributed by atoms with E-state index in [1.165, 1.54) is 33.2 Å². The highest BCUT2D eigenvalue weighted by Gasteiger charge is 2.57. The maximum atomic E-state index is 13.8. The second kappa shape index (κ2) is 15.4. The van der Waals surface area contributed by atoms with Gasteiger partial charge in [-0.2, -0.15) is 14.7 Å². The number of fused-ring (bicyclic) bond motifs is 1. The number of carbonyl (C=O) groups excluding carboxylic acids is 2. The fraction of sp³-hybridized carbons (Fsp3) is 0.500. The SMILES string of the molecule is CC(Cc1cc(S(=O)(=O)N2CCC(Nc3ncc(C4CC4(F)F)cn3)CC2)ccc1C#N)CN1CCC(c2ccc3c(N4CCC(=O)NC4=O)nn(C)c3c2)CC1. The Bertz CT molecular complexity index is 2330. The molecule has 17 heteroatoms. The molecule has 5 heterocycles. The maximum Gasteiger partial charge on any atom is 0.329 e. The highest BCUT2D eigenvalue weighted by Crippen LogP contribution is 2.55. The van der Waals surface area contributed by atoms with Gasteiger partial charge < -0.3 is 10.2 Å². The lowest BCUT2D eigenvalue weighted by molar-refractivity contribution is -0.120. The number of hydrogen-bond donors (Lipinski definition) is 2. The Hall–Kier alpha value is -5.05. The van der Waals surface area contributed by atoms with E-state index in [4.69, 9.17) is 0 Å². The Morgan fingerprint density at radius 1 is 1.00 bits per heavy atom. The molecule has 3 aliphatic heterocycles. The fourth-order valence-corrected chi connectivity index (χ4v) is 10.1. The molecule has 3 amide bonds. The molecular weight excluding hydrogens is 755 g/mol. The van der Waals surface area contributed by atoms with Crippen LogP contribution in [0, 0.1) is 17.2 Å². The molecule has 300 valence electrons. The maximum absolute atomic E-state index is 13.8. The number of benzene rings is 2. The van der Waals surface area contributed by atoms with Crippen LogP contribution in [0.1, 0.15) is 79.5 Å². The van der Waals surface area contributed by atoms with Crippen molar-refractivity contribution in [1.29, 1.82) is 5.26 Å². The number of carbonyl (C=O) groups is 2. The van der Waals surface area contributed by atoms with E-state index in [-0.39, 0.29) is 35.6 Å². The molecule has 57 heavy (non-hydrogen) atoms. The number of halogens is 2. The van der Waals surface area contributed by atoms with Crippen LogP contribution in [-0.2, 0) is 28.3 Å². The zero-order chi connectivity index (χ0) is 40.1. The molecular formula is C40H46F2N10O4S. The van der Waals surface area contributed by atoms with Gasteiger partial charge >= 0.3 is 6.03 Å². The van der Waals surface area contributed by atoms with Crippen LogP contribution < -0.4 is 15.5 Å². The van der Waals surface area contributed by atoms with Crippen molar-refractivity contribution in [3.8, 4) is 6.07 Å². The number of urea groups is 1. The summed E-state index contributed by atoms with van der Waals surface area (Å²) in [7, 11) is -1.94. The van der Waals surface area contributed by atoms with Gasteiger partial charge in [-0.1, -0.05) is 13.0 Å². The van der Waals surface area contributed by atoms with Gasteiger partial charge in [0.2, 0.25) is 21.9 Å². The van der Waals surface area contributed by atoms with Crippen LogP contribution in [0.15, 0.2) is 53.7 Å². The summed E-state index contributed by atoms with van der Waals surface area (Å²) in [5.74, 6) is -2.35. The summed E-state index contributed by atoms with van der Waals surface area (Å²) >= 11 is 0. The average molecular weight is 801 g/mol. The van der Waals surface area contributed by atoms with E-state index in [0.29, 0.717) is 67.7 Å². The summed E-state index contributed by atoms with van der Waals surface area (Å²) in [5.41, 5.74) is 3.78. The zero-order valence-corrected chi connectivity index (χ0v) is 32.8. The summed E-state index contributed by atoms with van der Waals surface area (Å²) in [6.07, 6.45) is 6.50. The third kappa shape index (κ3) is 8.08. The standard InChI is InChI=1S/C40H46F2N10O4S/c1-25(24-50-12-7-26(8-13-50)27-4-6-33-35(19-27)49(2)48-37(33)52-16-11-36(53)47-39(52)54)17-29-18-32(5-3-28(29)21-43)57(55,56)51-14-9-31(10-15-51)46-38-44-22-30(23-45-38)34-20-40(34,41)42/h3-6,18-19,22-23,25-26,31,34H,7-17,20,24H2,1-2H3,(H,44,45,46)(H,47,53,54). The smallest absolute Gasteiger partial charge is 0.329 e. The number of anilines is 2. The molecule has 2 unspecified atom stereocenters. The predicted octanol–water partition coefficient (Wildman–Crippen LogP) is 5.13. The molecule has 2 aromatic heterocycles. The normalized spacial score (nSPS) is 21.7. The molecule has 14 nitrogen and oxygen atoms in total. The van der Waals surface area contributed by atoms with E-state index < -0.39 is 27.9 Å². The second-order valence-electron chi connectivity index (χ2n) is 16.0. The van der Waals surface area contributed by atoms with E-state index in [0.717, 1.165) is 48.9 Å². The number of rotatable bonds is 11. The van der Waals surface area contributed by atoms with Crippen molar-refractivity contribution in [3.63, 3.8) is 0 Å². The predicted molar refractivity (Wildman–Crippen MR) is 208 cm³/mol. The molecule has 0 spiro atoms. The average Bonchev–Trinajstić information content (AvgIpc) is 3.72. The van der Waals surface area contributed by atoms with Crippen molar-refractivity contribution in [2.45, 2.75) is 80.6 Å². The van der Waals surface area contributed by atoms with Gasteiger partial charge in [0.05, 0.1) is 28.0 Å². The highest BCUT2D eigenvalue weighted by atomic mass is 32.2. The molecule has 0 bridgehead atoms. The first kappa shape index (κ1) is 38.8. The van der Waals surface area contributed by atoms with Gasteiger partial charge in [0, 0.05) is 69.9 Å². The van der Waals surface area contributed by atoms with Crippen LogP contribution in [0.3, 0.4) is 0 Å². The van der Waals surface area contributed by atoms with Crippen molar-refractivity contribution >= 4 is 44.6 Å². The molecule has 1 aliphatic carbocycles. The molecule has 2 aromatic carbocycles. The lowest BCUT2D eigenvalue weighted by atomic mass is 9.88. The number of imide groups is 1. The Balaban J connectivity index is 0.841. The summed E-state index contributed by atoms with van der Waals surface area (Å²) in [6, 6.07) is 12.8. The van der Waals surface area contributed by atoms with Gasteiger partial charge in [0.1, 0.15) is 0 Å².